The first kappa shape index (κ1) is 19.0. The van der Waals surface area contributed by atoms with Gasteiger partial charge in [0, 0.05) is 24.2 Å². The summed E-state index contributed by atoms with van der Waals surface area (Å²) in [7, 11) is 1.57. The van der Waals surface area contributed by atoms with Crippen LogP contribution in [-0.2, 0) is 9.53 Å². The van der Waals surface area contributed by atoms with Gasteiger partial charge in [0.25, 0.3) is 5.91 Å². The Morgan fingerprint density at radius 3 is 2.56 bits per heavy atom. The summed E-state index contributed by atoms with van der Waals surface area (Å²) in [6, 6.07) is 12.6. The SMILES string of the molecule is COCCNC(=O)CSc1ccccc1C(=O)Nc1ccc(F)cc1. The zero-order valence-corrected chi connectivity index (χ0v) is 14.6. The minimum absolute atomic E-state index is 0.129. The number of amides is 2. The maximum atomic E-state index is 12.9. The van der Waals surface area contributed by atoms with Crippen LogP contribution in [0.3, 0.4) is 0 Å². The highest BCUT2D eigenvalue weighted by Gasteiger charge is 2.13. The van der Waals surface area contributed by atoms with Gasteiger partial charge in [-0.25, -0.2) is 4.39 Å². The van der Waals surface area contributed by atoms with Crippen LogP contribution in [0.5, 0.6) is 0 Å². The van der Waals surface area contributed by atoms with E-state index < -0.39 is 0 Å². The molecule has 0 unspecified atom stereocenters. The Morgan fingerprint density at radius 1 is 1.12 bits per heavy atom. The Labute approximate surface area is 150 Å². The molecule has 7 heteroatoms. The zero-order chi connectivity index (χ0) is 18.1. The van der Waals surface area contributed by atoms with Gasteiger partial charge in [0.05, 0.1) is 17.9 Å². The Balaban J connectivity index is 1.98. The average molecular weight is 362 g/mol. The molecule has 0 aromatic heterocycles. The van der Waals surface area contributed by atoms with E-state index >= 15 is 0 Å². The highest BCUT2D eigenvalue weighted by molar-refractivity contribution is 8.00. The van der Waals surface area contributed by atoms with Crippen molar-refractivity contribution in [1.82, 2.24) is 5.32 Å². The average Bonchev–Trinajstić information content (AvgIpc) is 2.62. The van der Waals surface area contributed by atoms with Crippen LogP contribution in [0.1, 0.15) is 10.4 Å². The summed E-state index contributed by atoms with van der Waals surface area (Å²) in [4.78, 5) is 24.9. The zero-order valence-electron chi connectivity index (χ0n) is 13.8. The first-order valence-corrected chi connectivity index (χ1v) is 8.63. The minimum Gasteiger partial charge on any atom is -0.383 e. The molecule has 2 amide bonds. The molecule has 2 aromatic rings. The van der Waals surface area contributed by atoms with Crippen molar-refractivity contribution in [3.8, 4) is 0 Å². The number of methoxy groups -OCH3 is 1. The van der Waals surface area contributed by atoms with E-state index in [2.05, 4.69) is 10.6 Å². The van der Waals surface area contributed by atoms with Crippen molar-refractivity contribution < 1.29 is 18.7 Å². The summed E-state index contributed by atoms with van der Waals surface area (Å²) in [6.07, 6.45) is 0. The van der Waals surface area contributed by atoms with Crippen LogP contribution in [0.2, 0.25) is 0 Å². The predicted molar refractivity (Wildman–Crippen MR) is 96.4 cm³/mol. The van der Waals surface area contributed by atoms with Crippen LogP contribution in [-0.4, -0.2) is 37.8 Å². The first-order valence-electron chi connectivity index (χ1n) is 7.64. The van der Waals surface area contributed by atoms with Gasteiger partial charge in [-0.1, -0.05) is 12.1 Å². The number of thioether (sulfide) groups is 1. The van der Waals surface area contributed by atoms with Gasteiger partial charge in [-0.05, 0) is 36.4 Å². The standard InChI is InChI=1S/C18H19FN2O3S/c1-24-11-10-20-17(22)12-25-16-5-3-2-4-15(16)18(23)21-14-8-6-13(19)7-9-14/h2-9H,10-12H2,1H3,(H,20,22)(H,21,23). The molecule has 0 spiro atoms. The molecule has 132 valence electrons. The lowest BCUT2D eigenvalue weighted by Crippen LogP contribution is -2.28. The highest BCUT2D eigenvalue weighted by Crippen LogP contribution is 2.23. The number of anilines is 1. The molecule has 0 saturated heterocycles. The van der Waals surface area contributed by atoms with Crippen molar-refractivity contribution in [2.45, 2.75) is 4.90 Å². The summed E-state index contributed by atoms with van der Waals surface area (Å²) in [5, 5.41) is 5.45. The van der Waals surface area contributed by atoms with E-state index in [1.54, 1.807) is 31.4 Å². The lowest BCUT2D eigenvalue weighted by Gasteiger charge is -2.10. The smallest absolute Gasteiger partial charge is 0.256 e. The summed E-state index contributed by atoms with van der Waals surface area (Å²) in [6.45, 7) is 0.898. The molecule has 5 nitrogen and oxygen atoms in total. The number of hydrogen-bond acceptors (Lipinski definition) is 4. The molecule has 0 fully saturated rings. The van der Waals surface area contributed by atoms with Crippen molar-refractivity contribution in [2.75, 3.05) is 31.3 Å². The van der Waals surface area contributed by atoms with Crippen LogP contribution in [0.15, 0.2) is 53.4 Å². The molecule has 0 heterocycles. The minimum atomic E-state index is -0.367. The van der Waals surface area contributed by atoms with E-state index in [9.17, 15) is 14.0 Å². The molecule has 2 rings (SSSR count). The van der Waals surface area contributed by atoms with Crippen molar-refractivity contribution in [1.29, 1.82) is 0 Å². The van der Waals surface area contributed by atoms with Crippen LogP contribution in [0.4, 0.5) is 10.1 Å². The predicted octanol–water partition coefficient (Wildman–Crippen LogP) is 2.93. The Kier molecular flexibility index (Phi) is 7.43. The van der Waals surface area contributed by atoms with E-state index in [1.807, 2.05) is 0 Å². The van der Waals surface area contributed by atoms with Crippen molar-refractivity contribution >= 4 is 29.3 Å². The summed E-state index contributed by atoms with van der Waals surface area (Å²) in [5.41, 5.74) is 0.963. The number of hydrogen-bond donors (Lipinski definition) is 2. The van der Waals surface area contributed by atoms with Gasteiger partial charge in [-0.3, -0.25) is 9.59 Å². The molecular weight excluding hydrogens is 343 g/mol. The number of ether oxygens (including phenoxy) is 1. The fourth-order valence-electron chi connectivity index (χ4n) is 2.00. The lowest BCUT2D eigenvalue weighted by molar-refractivity contribution is -0.118. The maximum Gasteiger partial charge on any atom is 0.256 e. The van der Waals surface area contributed by atoms with E-state index in [0.29, 0.717) is 29.3 Å². The summed E-state index contributed by atoms with van der Waals surface area (Å²) < 4.78 is 17.8. The fraction of sp³-hybridized carbons (Fsp3) is 0.222. The number of nitrogens with one attached hydrogen (secondary N) is 2. The molecule has 0 aliphatic rings. The van der Waals surface area contributed by atoms with Gasteiger partial charge in [0.1, 0.15) is 5.82 Å². The number of rotatable bonds is 8. The van der Waals surface area contributed by atoms with Gasteiger partial charge < -0.3 is 15.4 Å². The monoisotopic (exact) mass is 362 g/mol. The van der Waals surface area contributed by atoms with Crippen LogP contribution < -0.4 is 10.6 Å². The fourth-order valence-corrected chi connectivity index (χ4v) is 2.88. The molecule has 0 saturated carbocycles. The molecule has 0 atom stereocenters. The van der Waals surface area contributed by atoms with Crippen LogP contribution in [0.25, 0.3) is 0 Å². The Bertz CT molecular complexity index is 723. The van der Waals surface area contributed by atoms with Gasteiger partial charge in [-0.15, -0.1) is 11.8 Å². The van der Waals surface area contributed by atoms with Crippen molar-refractivity contribution in [3.63, 3.8) is 0 Å². The van der Waals surface area contributed by atoms with E-state index in [4.69, 9.17) is 4.74 Å². The molecule has 25 heavy (non-hydrogen) atoms. The number of halogens is 1. The highest BCUT2D eigenvalue weighted by atomic mass is 32.2. The normalized spacial score (nSPS) is 10.3. The quantitative estimate of drug-likeness (QED) is 0.560. The third kappa shape index (κ3) is 6.21. The topological polar surface area (TPSA) is 67.4 Å². The maximum absolute atomic E-state index is 12.9. The largest absolute Gasteiger partial charge is 0.383 e. The van der Waals surface area contributed by atoms with E-state index in [1.165, 1.54) is 36.0 Å². The number of carbonyl (C=O) groups is 2. The molecule has 0 bridgehead atoms. The van der Waals surface area contributed by atoms with Gasteiger partial charge in [0.15, 0.2) is 0 Å². The number of carbonyl (C=O) groups excluding carboxylic acids is 2. The first-order chi connectivity index (χ1) is 12.1. The molecule has 0 aliphatic carbocycles. The molecule has 0 aliphatic heterocycles. The number of benzene rings is 2. The second kappa shape index (κ2) is 9.80. The Morgan fingerprint density at radius 2 is 1.84 bits per heavy atom. The van der Waals surface area contributed by atoms with Gasteiger partial charge in [0.2, 0.25) is 5.91 Å². The second-order valence-electron chi connectivity index (χ2n) is 5.09. The summed E-state index contributed by atoms with van der Waals surface area (Å²) >= 11 is 1.28. The van der Waals surface area contributed by atoms with E-state index in [-0.39, 0.29) is 23.4 Å². The molecule has 2 aromatic carbocycles. The molecular formula is C18H19FN2O3S. The summed E-state index contributed by atoms with van der Waals surface area (Å²) in [5.74, 6) is -0.608. The van der Waals surface area contributed by atoms with E-state index in [0.717, 1.165) is 0 Å². The van der Waals surface area contributed by atoms with Gasteiger partial charge >= 0.3 is 0 Å². The second-order valence-corrected chi connectivity index (χ2v) is 6.11. The Hall–Kier alpha value is -2.38. The van der Waals surface area contributed by atoms with Crippen LogP contribution in [0, 0.1) is 5.82 Å². The third-order valence-corrected chi connectivity index (χ3v) is 4.29. The van der Waals surface area contributed by atoms with Crippen molar-refractivity contribution in [3.05, 3.63) is 59.9 Å². The third-order valence-electron chi connectivity index (χ3n) is 3.22. The van der Waals surface area contributed by atoms with Gasteiger partial charge in [-0.2, -0.15) is 0 Å². The molecule has 2 N–H and O–H groups in total. The van der Waals surface area contributed by atoms with Crippen LogP contribution >= 0.6 is 11.8 Å². The lowest BCUT2D eigenvalue weighted by atomic mass is 10.2. The molecule has 0 radical (unpaired) electrons. The van der Waals surface area contributed by atoms with Crippen molar-refractivity contribution in [2.24, 2.45) is 0 Å².